The van der Waals surface area contributed by atoms with Crippen molar-refractivity contribution in [2.45, 2.75) is 26.3 Å². The Labute approximate surface area is 185 Å². The van der Waals surface area contributed by atoms with Crippen LogP contribution in [0.25, 0.3) is 11.0 Å². The second-order valence-corrected chi connectivity index (χ2v) is 8.90. The van der Waals surface area contributed by atoms with E-state index < -0.39 is 0 Å². The van der Waals surface area contributed by atoms with E-state index >= 15 is 0 Å². The highest BCUT2D eigenvalue weighted by atomic mass is 32.1. The fraction of sp³-hybridized carbons (Fsp3) is 0.292. The monoisotopic (exact) mass is 431 g/mol. The molecule has 0 atom stereocenters. The van der Waals surface area contributed by atoms with Gasteiger partial charge in [-0.15, -0.1) is 11.3 Å². The highest BCUT2D eigenvalue weighted by Crippen LogP contribution is 2.29. The van der Waals surface area contributed by atoms with Gasteiger partial charge in [-0.3, -0.25) is 4.79 Å². The highest BCUT2D eigenvalue weighted by Gasteiger charge is 2.28. The Bertz CT molecular complexity index is 1190. The molecule has 0 saturated carbocycles. The number of carbonyl (C=O) groups is 1. The van der Waals surface area contributed by atoms with Gasteiger partial charge in [-0.05, 0) is 43.0 Å². The van der Waals surface area contributed by atoms with Gasteiger partial charge in [-0.2, -0.15) is 0 Å². The normalized spacial score (nSPS) is 14.8. The SMILES string of the molecule is Cc1ccccc1Cn1c(N2CCC(C(=O)Nc3nccs3)CC2)nc2ccccc21. The minimum Gasteiger partial charge on any atom is -0.342 e. The van der Waals surface area contributed by atoms with Crippen LogP contribution in [0.4, 0.5) is 11.1 Å². The van der Waals surface area contributed by atoms with Crippen LogP contribution in [0.15, 0.2) is 60.1 Å². The number of amides is 1. The number of imidazole rings is 1. The molecule has 0 spiro atoms. The number of rotatable bonds is 5. The van der Waals surface area contributed by atoms with Gasteiger partial charge in [0.1, 0.15) is 0 Å². The minimum atomic E-state index is 0.00865. The quantitative estimate of drug-likeness (QED) is 0.497. The maximum absolute atomic E-state index is 12.6. The van der Waals surface area contributed by atoms with Crippen molar-refractivity contribution in [2.75, 3.05) is 23.3 Å². The zero-order valence-corrected chi connectivity index (χ0v) is 18.3. The molecule has 3 heterocycles. The van der Waals surface area contributed by atoms with Crippen molar-refractivity contribution < 1.29 is 4.79 Å². The second kappa shape index (κ2) is 8.51. The van der Waals surface area contributed by atoms with E-state index in [-0.39, 0.29) is 11.8 Å². The van der Waals surface area contributed by atoms with E-state index in [1.54, 1.807) is 6.20 Å². The zero-order chi connectivity index (χ0) is 21.2. The Hall–Kier alpha value is -3.19. The highest BCUT2D eigenvalue weighted by molar-refractivity contribution is 7.13. The molecule has 0 radical (unpaired) electrons. The van der Waals surface area contributed by atoms with Gasteiger partial charge in [-0.1, -0.05) is 36.4 Å². The lowest BCUT2D eigenvalue weighted by molar-refractivity contribution is -0.120. The van der Waals surface area contributed by atoms with Gasteiger partial charge in [0.2, 0.25) is 11.9 Å². The molecule has 7 heteroatoms. The summed E-state index contributed by atoms with van der Waals surface area (Å²) < 4.78 is 2.31. The molecule has 1 amide bonds. The molecule has 1 aliphatic rings. The second-order valence-electron chi connectivity index (χ2n) is 8.00. The molecular formula is C24H25N5OS. The standard InChI is InChI=1S/C24H25N5OS/c1-17-6-2-3-7-19(17)16-29-21-9-5-4-8-20(21)26-24(29)28-13-10-18(11-14-28)22(30)27-23-25-12-15-31-23/h2-9,12,15,18H,10-11,13-14,16H2,1H3,(H,25,27,30). The zero-order valence-electron chi connectivity index (χ0n) is 17.5. The van der Waals surface area contributed by atoms with Gasteiger partial charge in [0.15, 0.2) is 5.13 Å². The lowest BCUT2D eigenvalue weighted by atomic mass is 9.96. The predicted octanol–water partition coefficient (Wildman–Crippen LogP) is 4.70. The Morgan fingerprint density at radius 3 is 2.68 bits per heavy atom. The smallest absolute Gasteiger partial charge is 0.229 e. The third-order valence-electron chi connectivity index (χ3n) is 6.04. The summed E-state index contributed by atoms with van der Waals surface area (Å²) in [5, 5.41) is 5.49. The van der Waals surface area contributed by atoms with Gasteiger partial charge in [0.05, 0.1) is 17.6 Å². The molecule has 1 aliphatic heterocycles. The maximum atomic E-state index is 12.6. The van der Waals surface area contributed by atoms with Crippen molar-refractivity contribution in [1.82, 2.24) is 14.5 Å². The largest absolute Gasteiger partial charge is 0.342 e. The molecule has 158 valence electrons. The summed E-state index contributed by atoms with van der Waals surface area (Å²) in [6, 6.07) is 16.8. The van der Waals surface area contributed by atoms with E-state index in [0.717, 1.165) is 49.5 Å². The number of anilines is 2. The van der Waals surface area contributed by atoms with Crippen LogP contribution in [0.1, 0.15) is 24.0 Å². The van der Waals surface area contributed by atoms with Crippen LogP contribution in [-0.2, 0) is 11.3 Å². The van der Waals surface area contributed by atoms with Gasteiger partial charge in [-0.25, -0.2) is 9.97 Å². The fourth-order valence-electron chi connectivity index (χ4n) is 4.25. The van der Waals surface area contributed by atoms with E-state index in [9.17, 15) is 4.79 Å². The Kier molecular flexibility index (Phi) is 5.42. The first-order chi connectivity index (χ1) is 15.2. The van der Waals surface area contributed by atoms with Crippen molar-refractivity contribution in [1.29, 1.82) is 0 Å². The number of hydrogen-bond acceptors (Lipinski definition) is 5. The van der Waals surface area contributed by atoms with Crippen molar-refractivity contribution in [2.24, 2.45) is 5.92 Å². The van der Waals surface area contributed by atoms with Crippen molar-refractivity contribution in [3.05, 3.63) is 71.2 Å². The van der Waals surface area contributed by atoms with Crippen molar-refractivity contribution >= 4 is 39.4 Å². The third-order valence-corrected chi connectivity index (χ3v) is 6.72. The average molecular weight is 432 g/mol. The van der Waals surface area contributed by atoms with Gasteiger partial charge in [0, 0.05) is 30.6 Å². The first kappa shape index (κ1) is 19.8. The predicted molar refractivity (Wildman–Crippen MR) is 126 cm³/mol. The van der Waals surface area contributed by atoms with Gasteiger partial charge in [0.25, 0.3) is 0 Å². The Balaban J connectivity index is 1.37. The number of thiazole rings is 1. The lowest BCUT2D eigenvalue weighted by Gasteiger charge is -2.32. The molecule has 1 saturated heterocycles. The number of hydrogen-bond donors (Lipinski definition) is 1. The maximum Gasteiger partial charge on any atom is 0.229 e. The number of nitrogens with zero attached hydrogens (tertiary/aromatic N) is 4. The number of carbonyl (C=O) groups excluding carboxylic acids is 1. The number of nitrogens with one attached hydrogen (secondary N) is 1. The number of aryl methyl sites for hydroxylation is 1. The number of aromatic nitrogens is 3. The number of fused-ring (bicyclic) bond motifs is 1. The van der Waals surface area contributed by atoms with Gasteiger partial charge < -0.3 is 14.8 Å². The first-order valence-corrected chi connectivity index (χ1v) is 11.5. The molecule has 2 aromatic heterocycles. The molecule has 4 aromatic rings. The third kappa shape index (κ3) is 4.05. The molecule has 1 N–H and O–H groups in total. The summed E-state index contributed by atoms with van der Waals surface area (Å²) >= 11 is 1.45. The van der Waals surface area contributed by atoms with Crippen LogP contribution in [0.5, 0.6) is 0 Å². The van der Waals surface area contributed by atoms with Crippen LogP contribution in [0.3, 0.4) is 0 Å². The molecule has 2 aromatic carbocycles. The molecule has 0 unspecified atom stereocenters. The summed E-state index contributed by atoms with van der Waals surface area (Å²) in [5.74, 6) is 1.07. The van der Waals surface area contributed by atoms with Gasteiger partial charge >= 0.3 is 0 Å². The molecule has 5 rings (SSSR count). The van der Waals surface area contributed by atoms with E-state index in [2.05, 4.69) is 69.2 Å². The summed E-state index contributed by atoms with van der Waals surface area (Å²) in [4.78, 5) is 24.1. The molecule has 31 heavy (non-hydrogen) atoms. The molecular weight excluding hydrogens is 406 g/mol. The summed E-state index contributed by atoms with van der Waals surface area (Å²) in [5.41, 5.74) is 4.73. The first-order valence-electron chi connectivity index (χ1n) is 10.6. The van der Waals surface area contributed by atoms with Crippen LogP contribution in [0.2, 0.25) is 0 Å². The lowest BCUT2D eigenvalue weighted by Crippen LogP contribution is -2.39. The average Bonchev–Trinajstić information content (AvgIpc) is 3.43. The number of benzene rings is 2. The molecule has 0 aliphatic carbocycles. The topological polar surface area (TPSA) is 63.1 Å². The van der Waals surface area contributed by atoms with Crippen LogP contribution in [0, 0.1) is 12.8 Å². The van der Waals surface area contributed by atoms with E-state index in [0.29, 0.717) is 5.13 Å². The Morgan fingerprint density at radius 2 is 1.90 bits per heavy atom. The van der Waals surface area contributed by atoms with Crippen LogP contribution >= 0.6 is 11.3 Å². The number of piperidine rings is 1. The minimum absolute atomic E-state index is 0.00865. The number of para-hydroxylation sites is 2. The fourth-order valence-corrected chi connectivity index (χ4v) is 4.78. The Morgan fingerprint density at radius 1 is 1.13 bits per heavy atom. The van der Waals surface area contributed by atoms with Crippen LogP contribution < -0.4 is 10.2 Å². The summed E-state index contributed by atoms with van der Waals surface area (Å²) in [6.07, 6.45) is 3.33. The van der Waals surface area contributed by atoms with E-state index in [4.69, 9.17) is 4.98 Å². The molecule has 0 bridgehead atoms. The van der Waals surface area contributed by atoms with Crippen molar-refractivity contribution in [3.63, 3.8) is 0 Å². The molecule has 6 nitrogen and oxygen atoms in total. The van der Waals surface area contributed by atoms with E-state index in [1.165, 1.54) is 22.5 Å². The van der Waals surface area contributed by atoms with E-state index in [1.807, 2.05) is 11.4 Å². The summed E-state index contributed by atoms with van der Waals surface area (Å²) in [7, 11) is 0. The van der Waals surface area contributed by atoms with Crippen LogP contribution in [-0.4, -0.2) is 33.5 Å². The summed E-state index contributed by atoms with van der Waals surface area (Å²) in [6.45, 7) is 4.56. The molecule has 1 fully saturated rings. The van der Waals surface area contributed by atoms with Crippen molar-refractivity contribution in [3.8, 4) is 0 Å².